The average Bonchev–Trinajstić information content (AvgIpc) is 3.27. The molecule has 0 N–H and O–H groups in total. The third kappa shape index (κ3) is 44.7. The van der Waals surface area contributed by atoms with E-state index < -0.39 is 18.1 Å². The van der Waals surface area contributed by atoms with Crippen molar-refractivity contribution in [2.24, 2.45) is 0 Å². The molecule has 0 spiro atoms. The predicted molar refractivity (Wildman–Crippen MR) is 272 cm³/mol. The normalized spacial score (nSPS) is 13.9. The number of quaternary nitrogens is 1. The Balaban J connectivity index is 4.36. The van der Waals surface area contributed by atoms with Gasteiger partial charge in [0, 0.05) is 19.3 Å². The Bertz CT molecular complexity index is 1470. The lowest BCUT2D eigenvalue weighted by molar-refractivity contribution is -0.889. The molecule has 0 heterocycles. The lowest BCUT2D eigenvalue weighted by Crippen LogP contribution is -2.55. The molecule has 0 aliphatic heterocycles. The van der Waals surface area contributed by atoms with Gasteiger partial charge in [-0.3, -0.25) is 9.59 Å². The smallest absolute Gasteiger partial charge is 0.306 e. The zero-order valence-electron chi connectivity index (χ0n) is 41.6. The topological polar surface area (TPSA) is 102 Å². The number of rotatable bonds is 43. The van der Waals surface area contributed by atoms with Crippen LogP contribution in [0.1, 0.15) is 168 Å². The SMILES string of the molecule is CC/C=C/C/C=C/C/C=C/C/C=C/C/C=C/CCCCCCCCCC(=O)OCC(COCCC(C(=O)[O-])[N+](C)(C)C)OC(=O)CCCCCCC/C=C/C=C/C=C/C=C/C=C/CCC. The van der Waals surface area contributed by atoms with Gasteiger partial charge in [0.15, 0.2) is 6.10 Å². The Morgan fingerprint density at radius 2 is 0.923 bits per heavy atom. The molecule has 0 aromatic rings. The summed E-state index contributed by atoms with van der Waals surface area (Å²) in [7, 11) is 5.39. The lowest BCUT2D eigenvalue weighted by Gasteiger charge is -2.34. The van der Waals surface area contributed by atoms with Gasteiger partial charge in [0.05, 0.1) is 40.3 Å². The maximum atomic E-state index is 12.8. The summed E-state index contributed by atoms with van der Waals surface area (Å²) in [6.45, 7) is 4.40. The number of ether oxygens (including phenoxy) is 3. The first-order valence-electron chi connectivity index (χ1n) is 25.1. The van der Waals surface area contributed by atoms with Crippen LogP contribution < -0.4 is 5.11 Å². The molecular weight excluding hydrogens is 811 g/mol. The van der Waals surface area contributed by atoms with E-state index in [2.05, 4.69) is 98.9 Å². The molecule has 366 valence electrons. The van der Waals surface area contributed by atoms with E-state index in [9.17, 15) is 19.5 Å². The third-order valence-corrected chi connectivity index (χ3v) is 10.4. The van der Waals surface area contributed by atoms with Gasteiger partial charge in [-0.2, -0.15) is 0 Å². The summed E-state index contributed by atoms with van der Waals surface area (Å²) in [5.41, 5.74) is 0. The fraction of sp³-hybridized carbons (Fsp3) is 0.596. The average molecular weight is 902 g/mol. The second kappa shape index (κ2) is 46.3. The number of aliphatic carboxylic acids is 1. The van der Waals surface area contributed by atoms with Gasteiger partial charge in [-0.15, -0.1) is 0 Å². The van der Waals surface area contributed by atoms with Crippen LogP contribution in [0, 0.1) is 0 Å². The Morgan fingerprint density at radius 1 is 0.492 bits per heavy atom. The van der Waals surface area contributed by atoms with Gasteiger partial charge in [-0.1, -0.05) is 193 Å². The Morgan fingerprint density at radius 3 is 1.42 bits per heavy atom. The first-order chi connectivity index (χ1) is 31.6. The molecule has 8 heteroatoms. The van der Waals surface area contributed by atoms with Crippen molar-refractivity contribution in [3.63, 3.8) is 0 Å². The van der Waals surface area contributed by atoms with E-state index in [0.717, 1.165) is 109 Å². The van der Waals surface area contributed by atoms with Crippen LogP contribution in [0.25, 0.3) is 0 Å². The Labute approximate surface area is 397 Å². The zero-order chi connectivity index (χ0) is 47.7. The quantitative estimate of drug-likeness (QED) is 0.0197. The van der Waals surface area contributed by atoms with Crippen LogP contribution in [0.4, 0.5) is 0 Å². The number of nitrogens with zero attached hydrogens (tertiary/aromatic N) is 1. The number of carbonyl (C=O) groups excluding carboxylic acids is 3. The summed E-state index contributed by atoms with van der Waals surface area (Å²) in [4.78, 5) is 37.0. The molecule has 0 radical (unpaired) electrons. The highest BCUT2D eigenvalue weighted by atomic mass is 16.6. The number of carboxylic acids is 1. The number of esters is 2. The second-order valence-corrected chi connectivity index (χ2v) is 17.4. The summed E-state index contributed by atoms with van der Waals surface area (Å²) in [6, 6.07) is -0.741. The molecule has 2 atom stereocenters. The van der Waals surface area contributed by atoms with Crippen LogP contribution >= 0.6 is 0 Å². The highest BCUT2D eigenvalue weighted by Crippen LogP contribution is 2.13. The van der Waals surface area contributed by atoms with Crippen LogP contribution in [0.3, 0.4) is 0 Å². The number of carboxylic acid groups (broad SMARTS) is 1. The first kappa shape index (κ1) is 60.7. The number of likely N-dealkylation sites (N-methyl/N-ethyl adjacent to an activating group) is 1. The molecule has 65 heavy (non-hydrogen) atoms. The maximum Gasteiger partial charge on any atom is 0.306 e. The van der Waals surface area contributed by atoms with Crippen LogP contribution in [-0.4, -0.2) is 75.5 Å². The van der Waals surface area contributed by atoms with Gasteiger partial charge in [0.25, 0.3) is 0 Å². The van der Waals surface area contributed by atoms with Gasteiger partial charge in [0.2, 0.25) is 0 Å². The van der Waals surface area contributed by atoms with Gasteiger partial charge >= 0.3 is 11.9 Å². The van der Waals surface area contributed by atoms with Gasteiger partial charge in [0.1, 0.15) is 12.6 Å². The van der Waals surface area contributed by atoms with Crippen molar-refractivity contribution in [3.05, 3.63) is 122 Å². The van der Waals surface area contributed by atoms with Crippen LogP contribution in [0.2, 0.25) is 0 Å². The largest absolute Gasteiger partial charge is 0.544 e. The molecule has 8 nitrogen and oxygen atoms in total. The van der Waals surface area contributed by atoms with Crippen LogP contribution in [0.5, 0.6) is 0 Å². The summed E-state index contributed by atoms with van der Waals surface area (Å²) >= 11 is 0. The number of allylic oxidation sites excluding steroid dienone is 20. The summed E-state index contributed by atoms with van der Waals surface area (Å²) in [6.07, 6.45) is 65.0. The van der Waals surface area contributed by atoms with Gasteiger partial charge in [-0.05, 0) is 77.0 Å². The molecular formula is C57H91NO7. The fourth-order valence-electron chi connectivity index (χ4n) is 6.60. The highest BCUT2D eigenvalue weighted by molar-refractivity contribution is 5.70. The summed E-state index contributed by atoms with van der Waals surface area (Å²) in [5.74, 6) is -1.80. The van der Waals surface area contributed by atoms with Crippen molar-refractivity contribution >= 4 is 17.9 Å². The Hall–Kier alpha value is -4.27. The minimum atomic E-state index is -1.14. The predicted octanol–water partition coefficient (Wildman–Crippen LogP) is 13.2. The Kier molecular flexibility index (Phi) is 43.2. The van der Waals surface area contributed by atoms with Crippen molar-refractivity contribution < 1.29 is 38.2 Å². The lowest BCUT2D eigenvalue weighted by atomic mass is 10.1. The van der Waals surface area contributed by atoms with Crippen molar-refractivity contribution in [1.82, 2.24) is 0 Å². The van der Waals surface area contributed by atoms with E-state index in [-0.39, 0.29) is 49.1 Å². The molecule has 0 bridgehead atoms. The molecule has 0 rings (SSSR count). The highest BCUT2D eigenvalue weighted by Gasteiger charge is 2.25. The van der Waals surface area contributed by atoms with Crippen LogP contribution in [0.15, 0.2) is 122 Å². The van der Waals surface area contributed by atoms with E-state index in [1.807, 2.05) is 36.5 Å². The molecule has 0 aliphatic rings. The first-order valence-corrected chi connectivity index (χ1v) is 25.1. The minimum absolute atomic E-state index is 0.0176. The van der Waals surface area contributed by atoms with E-state index in [0.29, 0.717) is 6.42 Å². The number of carbonyl (C=O) groups is 3. The molecule has 0 amide bonds. The van der Waals surface area contributed by atoms with E-state index in [1.54, 1.807) is 21.1 Å². The van der Waals surface area contributed by atoms with E-state index in [4.69, 9.17) is 14.2 Å². The van der Waals surface area contributed by atoms with Crippen molar-refractivity contribution in [1.29, 1.82) is 0 Å². The molecule has 0 saturated heterocycles. The molecule has 0 aromatic heterocycles. The third-order valence-electron chi connectivity index (χ3n) is 10.4. The molecule has 0 saturated carbocycles. The molecule has 0 aromatic carbocycles. The summed E-state index contributed by atoms with van der Waals surface area (Å²) < 4.78 is 17.2. The molecule has 0 fully saturated rings. The van der Waals surface area contributed by atoms with Crippen molar-refractivity contribution in [2.75, 3.05) is 41.0 Å². The molecule has 2 unspecified atom stereocenters. The van der Waals surface area contributed by atoms with Crippen molar-refractivity contribution in [2.45, 2.75) is 180 Å². The second-order valence-electron chi connectivity index (χ2n) is 17.4. The number of hydrogen-bond donors (Lipinski definition) is 0. The monoisotopic (exact) mass is 902 g/mol. The van der Waals surface area contributed by atoms with Crippen LogP contribution in [-0.2, 0) is 28.6 Å². The minimum Gasteiger partial charge on any atom is -0.544 e. The fourth-order valence-corrected chi connectivity index (χ4v) is 6.60. The van der Waals surface area contributed by atoms with Crippen molar-refractivity contribution in [3.8, 4) is 0 Å². The number of hydrogen-bond acceptors (Lipinski definition) is 7. The summed E-state index contributed by atoms with van der Waals surface area (Å²) in [5, 5.41) is 11.7. The van der Waals surface area contributed by atoms with Gasteiger partial charge < -0.3 is 28.6 Å². The zero-order valence-corrected chi connectivity index (χ0v) is 41.6. The molecule has 0 aliphatic carbocycles. The van der Waals surface area contributed by atoms with E-state index in [1.165, 1.54) is 25.7 Å². The maximum absolute atomic E-state index is 12.8. The van der Waals surface area contributed by atoms with E-state index >= 15 is 0 Å². The standard InChI is InChI=1S/C57H91NO7/c1-6-8-10-12-14-16-18-20-22-24-26-27-28-29-30-32-33-35-37-39-41-43-45-47-55(59)64-52-53(51-63-50-49-54(57(61)62)58(3,4)5)65-56(60)48-46-44-42-40-38-36-34-31-25-23-21-19-17-15-13-11-9-7-2/h8,10-11,13-17,19-23,25-27,29-31,34,53-54H,6-7,9,12,18,24,28,32-33,35-52H2,1-5H3/b10-8+,13-11+,16-14+,17-15+,21-19+,22-20+,25-23+,27-26+,30-29+,34-31+. The van der Waals surface area contributed by atoms with Gasteiger partial charge in [-0.25, -0.2) is 0 Å². The number of unbranched alkanes of at least 4 members (excludes halogenated alkanes) is 13.